The Hall–Kier alpha value is -0.740. The van der Waals surface area contributed by atoms with Crippen molar-refractivity contribution < 1.29 is 13.2 Å². The second kappa shape index (κ2) is 4.86. The van der Waals surface area contributed by atoms with Crippen LogP contribution in [0.5, 0.6) is 0 Å². The highest BCUT2D eigenvalue weighted by atomic mass is 35.5. The molecule has 0 bridgehead atoms. The zero-order chi connectivity index (χ0) is 11.5. The van der Waals surface area contributed by atoms with E-state index in [1.54, 1.807) is 31.2 Å². The van der Waals surface area contributed by atoms with Crippen molar-refractivity contribution in [3.63, 3.8) is 0 Å². The molecule has 1 N–H and O–H groups in total. The molecule has 0 amide bonds. The van der Waals surface area contributed by atoms with Gasteiger partial charge < -0.3 is 5.32 Å². The SMILES string of the molecule is C[C@H](NCC(F)(F)F)c1ccccc1Cl. The summed E-state index contributed by atoms with van der Waals surface area (Å²) in [5.74, 6) is 0. The van der Waals surface area contributed by atoms with Crippen LogP contribution in [0.4, 0.5) is 13.2 Å². The second-order valence-electron chi connectivity index (χ2n) is 3.24. The van der Waals surface area contributed by atoms with E-state index in [0.717, 1.165) is 0 Å². The Kier molecular flexibility index (Phi) is 3.99. The molecule has 0 aliphatic carbocycles. The van der Waals surface area contributed by atoms with Crippen LogP contribution in [0.3, 0.4) is 0 Å². The highest BCUT2D eigenvalue weighted by Gasteiger charge is 2.27. The molecule has 0 unspecified atom stereocenters. The fourth-order valence-electron chi connectivity index (χ4n) is 1.21. The Morgan fingerprint density at radius 2 is 1.93 bits per heavy atom. The van der Waals surface area contributed by atoms with Crippen molar-refractivity contribution in [3.8, 4) is 0 Å². The van der Waals surface area contributed by atoms with E-state index in [4.69, 9.17) is 11.6 Å². The van der Waals surface area contributed by atoms with Gasteiger partial charge in [-0.05, 0) is 18.6 Å². The molecule has 0 heterocycles. The highest BCUT2D eigenvalue weighted by molar-refractivity contribution is 6.31. The quantitative estimate of drug-likeness (QED) is 0.848. The predicted molar refractivity (Wildman–Crippen MR) is 53.9 cm³/mol. The Labute approximate surface area is 91.2 Å². The third-order valence-corrected chi connectivity index (χ3v) is 2.32. The first-order chi connectivity index (χ1) is 6.90. The fourth-order valence-corrected chi connectivity index (χ4v) is 1.50. The van der Waals surface area contributed by atoms with Gasteiger partial charge in [-0.2, -0.15) is 13.2 Å². The molecular weight excluding hydrogens is 227 g/mol. The van der Waals surface area contributed by atoms with Gasteiger partial charge in [0.1, 0.15) is 0 Å². The monoisotopic (exact) mass is 237 g/mol. The Bertz CT molecular complexity index is 325. The summed E-state index contributed by atoms with van der Waals surface area (Å²) in [6.45, 7) is 0.631. The van der Waals surface area contributed by atoms with Crippen molar-refractivity contribution in [1.82, 2.24) is 5.32 Å². The summed E-state index contributed by atoms with van der Waals surface area (Å²) in [6, 6.07) is 6.43. The van der Waals surface area contributed by atoms with Crippen LogP contribution in [-0.2, 0) is 0 Å². The van der Waals surface area contributed by atoms with E-state index in [1.807, 2.05) is 0 Å². The number of hydrogen-bond acceptors (Lipinski definition) is 1. The molecule has 0 aliphatic heterocycles. The number of halogens is 4. The second-order valence-corrected chi connectivity index (χ2v) is 3.65. The Morgan fingerprint density at radius 1 is 1.33 bits per heavy atom. The maximum atomic E-state index is 11.9. The summed E-state index contributed by atoms with van der Waals surface area (Å²) in [5.41, 5.74) is 0.670. The van der Waals surface area contributed by atoms with Crippen molar-refractivity contribution >= 4 is 11.6 Å². The largest absolute Gasteiger partial charge is 0.401 e. The van der Waals surface area contributed by atoms with Crippen molar-refractivity contribution in [2.24, 2.45) is 0 Å². The fraction of sp³-hybridized carbons (Fsp3) is 0.400. The van der Waals surface area contributed by atoms with Gasteiger partial charge in [0.25, 0.3) is 0 Å². The molecule has 0 spiro atoms. The van der Waals surface area contributed by atoms with Gasteiger partial charge in [0, 0.05) is 11.1 Å². The lowest BCUT2D eigenvalue weighted by Gasteiger charge is -2.16. The van der Waals surface area contributed by atoms with Crippen LogP contribution in [0, 0.1) is 0 Å². The van der Waals surface area contributed by atoms with E-state index in [-0.39, 0.29) is 0 Å². The molecule has 0 saturated carbocycles. The van der Waals surface area contributed by atoms with Crippen LogP contribution >= 0.6 is 11.6 Å². The third-order valence-electron chi connectivity index (χ3n) is 1.98. The normalized spacial score (nSPS) is 13.9. The summed E-state index contributed by atoms with van der Waals surface area (Å²) in [4.78, 5) is 0. The first kappa shape index (κ1) is 12.3. The highest BCUT2D eigenvalue weighted by Crippen LogP contribution is 2.23. The van der Waals surface area contributed by atoms with E-state index in [9.17, 15) is 13.2 Å². The molecule has 5 heteroatoms. The van der Waals surface area contributed by atoms with Crippen LogP contribution in [0.2, 0.25) is 5.02 Å². The van der Waals surface area contributed by atoms with E-state index in [2.05, 4.69) is 5.32 Å². The van der Waals surface area contributed by atoms with E-state index >= 15 is 0 Å². The molecule has 84 valence electrons. The number of benzene rings is 1. The van der Waals surface area contributed by atoms with Crippen molar-refractivity contribution in [3.05, 3.63) is 34.9 Å². The standard InChI is InChI=1S/C10H11ClF3N/c1-7(15-6-10(12,13)14)8-4-2-3-5-9(8)11/h2-5,7,15H,6H2,1H3/t7-/m0/s1. The van der Waals surface area contributed by atoms with Crippen LogP contribution in [0.25, 0.3) is 0 Å². The number of nitrogens with one attached hydrogen (secondary N) is 1. The molecule has 1 aromatic rings. The van der Waals surface area contributed by atoms with Gasteiger partial charge in [0.2, 0.25) is 0 Å². The van der Waals surface area contributed by atoms with Gasteiger partial charge in [-0.3, -0.25) is 0 Å². The van der Waals surface area contributed by atoms with Crippen molar-refractivity contribution in [2.75, 3.05) is 6.54 Å². The Balaban J connectivity index is 2.62. The molecule has 0 saturated heterocycles. The van der Waals surface area contributed by atoms with Crippen LogP contribution in [0.15, 0.2) is 24.3 Å². The van der Waals surface area contributed by atoms with E-state index < -0.39 is 18.8 Å². The molecule has 1 nitrogen and oxygen atoms in total. The van der Waals surface area contributed by atoms with Crippen LogP contribution in [0.1, 0.15) is 18.5 Å². The van der Waals surface area contributed by atoms with Gasteiger partial charge in [0.15, 0.2) is 0 Å². The number of alkyl halides is 3. The number of rotatable bonds is 3. The van der Waals surface area contributed by atoms with Crippen LogP contribution in [-0.4, -0.2) is 12.7 Å². The average molecular weight is 238 g/mol. The molecule has 0 fully saturated rings. The molecule has 0 aromatic heterocycles. The zero-order valence-corrected chi connectivity index (χ0v) is 8.86. The minimum Gasteiger partial charge on any atom is -0.302 e. The summed E-state index contributed by atoms with van der Waals surface area (Å²) in [5, 5.41) is 2.84. The summed E-state index contributed by atoms with van der Waals surface area (Å²) >= 11 is 5.85. The Morgan fingerprint density at radius 3 is 2.47 bits per heavy atom. The number of hydrogen-bond donors (Lipinski definition) is 1. The lowest BCUT2D eigenvalue weighted by Crippen LogP contribution is -2.30. The van der Waals surface area contributed by atoms with E-state index in [0.29, 0.717) is 10.6 Å². The first-order valence-corrected chi connectivity index (χ1v) is 4.82. The van der Waals surface area contributed by atoms with Gasteiger partial charge >= 0.3 is 6.18 Å². The van der Waals surface area contributed by atoms with Gasteiger partial charge in [-0.15, -0.1) is 0 Å². The zero-order valence-electron chi connectivity index (χ0n) is 8.11. The maximum absolute atomic E-state index is 11.9. The molecule has 0 radical (unpaired) electrons. The van der Waals surface area contributed by atoms with Gasteiger partial charge in [0.05, 0.1) is 6.54 Å². The summed E-state index contributed by atoms with van der Waals surface area (Å²) in [6.07, 6.45) is -4.20. The third kappa shape index (κ3) is 4.10. The predicted octanol–water partition coefficient (Wildman–Crippen LogP) is 3.55. The van der Waals surface area contributed by atoms with Crippen molar-refractivity contribution in [2.45, 2.75) is 19.1 Å². The molecular formula is C10H11ClF3N. The molecule has 1 aromatic carbocycles. The molecule has 0 aliphatic rings. The minimum atomic E-state index is -4.20. The topological polar surface area (TPSA) is 12.0 Å². The van der Waals surface area contributed by atoms with E-state index in [1.165, 1.54) is 0 Å². The smallest absolute Gasteiger partial charge is 0.302 e. The lowest BCUT2D eigenvalue weighted by molar-refractivity contribution is -0.126. The molecule has 1 atom stereocenters. The average Bonchev–Trinajstić information content (AvgIpc) is 2.14. The summed E-state index contributed by atoms with van der Waals surface area (Å²) in [7, 11) is 0. The maximum Gasteiger partial charge on any atom is 0.401 e. The van der Waals surface area contributed by atoms with Gasteiger partial charge in [-0.25, -0.2) is 0 Å². The van der Waals surface area contributed by atoms with Gasteiger partial charge in [-0.1, -0.05) is 29.8 Å². The lowest BCUT2D eigenvalue weighted by atomic mass is 10.1. The minimum absolute atomic E-state index is 0.416. The first-order valence-electron chi connectivity index (χ1n) is 4.45. The molecule has 1 rings (SSSR count). The summed E-state index contributed by atoms with van der Waals surface area (Å²) < 4.78 is 35.8. The van der Waals surface area contributed by atoms with Crippen LogP contribution < -0.4 is 5.32 Å². The molecule has 15 heavy (non-hydrogen) atoms. The van der Waals surface area contributed by atoms with Crippen molar-refractivity contribution in [1.29, 1.82) is 0 Å².